The zero-order chi connectivity index (χ0) is 10.7. The van der Waals surface area contributed by atoms with Crippen LogP contribution >= 0.6 is 15.9 Å². The van der Waals surface area contributed by atoms with Crippen LogP contribution in [0, 0.1) is 12.8 Å². The maximum atomic E-state index is 3.83. The van der Waals surface area contributed by atoms with Crippen molar-refractivity contribution in [3.05, 3.63) is 35.4 Å². The lowest BCUT2D eigenvalue weighted by Crippen LogP contribution is -2.21. The Morgan fingerprint density at radius 1 is 1.27 bits per heavy atom. The van der Waals surface area contributed by atoms with Crippen LogP contribution in [-0.2, 0) is 6.42 Å². The molecule has 0 amide bonds. The lowest BCUT2D eigenvalue weighted by Gasteiger charge is -2.27. The van der Waals surface area contributed by atoms with Gasteiger partial charge in [-0.3, -0.25) is 0 Å². The van der Waals surface area contributed by atoms with E-state index in [1.54, 1.807) is 0 Å². The Balaban J connectivity index is 2.01. The summed E-state index contributed by atoms with van der Waals surface area (Å²) in [5, 5.41) is 0. The van der Waals surface area contributed by atoms with E-state index in [2.05, 4.69) is 47.1 Å². The van der Waals surface area contributed by atoms with Gasteiger partial charge in [-0.05, 0) is 37.7 Å². The second-order valence-corrected chi connectivity index (χ2v) is 5.93. The Kier molecular flexibility index (Phi) is 3.85. The van der Waals surface area contributed by atoms with Crippen LogP contribution in [-0.4, -0.2) is 4.83 Å². The van der Waals surface area contributed by atoms with Crippen LogP contribution in [0.25, 0.3) is 0 Å². The van der Waals surface area contributed by atoms with E-state index in [4.69, 9.17) is 0 Å². The Labute approximate surface area is 101 Å². The topological polar surface area (TPSA) is 0 Å². The highest BCUT2D eigenvalue weighted by atomic mass is 79.9. The molecule has 1 saturated carbocycles. The quantitative estimate of drug-likeness (QED) is 0.692. The van der Waals surface area contributed by atoms with Crippen molar-refractivity contribution < 1.29 is 0 Å². The van der Waals surface area contributed by atoms with Crippen LogP contribution in [0.15, 0.2) is 24.3 Å². The van der Waals surface area contributed by atoms with Gasteiger partial charge in [-0.2, -0.15) is 0 Å². The highest BCUT2D eigenvalue weighted by Gasteiger charge is 2.22. The number of hydrogen-bond acceptors (Lipinski definition) is 0. The van der Waals surface area contributed by atoms with Crippen molar-refractivity contribution in [3.8, 4) is 0 Å². The number of rotatable bonds is 2. The van der Waals surface area contributed by atoms with E-state index in [0.717, 1.165) is 10.7 Å². The third-order valence-corrected chi connectivity index (χ3v) is 4.60. The van der Waals surface area contributed by atoms with Crippen LogP contribution in [0.4, 0.5) is 0 Å². The Morgan fingerprint density at radius 3 is 2.80 bits per heavy atom. The molecule has 0 radical (unpaired) electrons. The molecule has 2 atom stereocenters. The van der Waals surface area contributed by atoms with Crippen LogP contribution in [0.1, 0.15) is 36.8 Å². The third kappa shape index (κ3) is 3.07. The average Bonchev–Trinajstić information content (AvgIpc) is 2.22. The van der Waals surface area contributed by atoms with Crippen LogP contribution in [0.2, 0.25) is 0 Å². The van der Waals surface area contributed by atoms with Crippen molar-refractivity contribution in [1.82, 2.24) is 0 Å². The van der Waals surface area contributed by atoms with Crippen LogP contribution in [0.5, 0.6) is 0 Å². The standard InChI is InChI=1S/C14H19Br/c1-11-5-4-6-12(9-11)10-13-7-2-3-8-14(13)15/h4-6,9,13-14H,2-3,7-8,10H2,1H3. The molecule has 1 aliphatic carbocycles. The van der Waals surface area contributed by atoms with E-state index < -0.39 is 0 Å². The van der Waals surface area contributed by atoms with Gasteiger partial charge in [0.25, 0.3) is 0 Å². The molecule has 1 heteroatoms. The molecule has 1 aliphatic rings. The first-order chi connectivity index (χ1) is 7.25. The SMILES string of the molecule is Cc1cccc(CC2CCCCC2Br)c1. The number of alkyl halides is 1. The van der Waals surface area contributed by atoms with Gasteiger partial charge >= 0.3 is 0 Å². The first-order valence-electron chi connectivity index (χ1n) is 5.95. The van der Waals surface area contributed by atoms with Crippen LogP contribution in [0.3, 0.4) is 0 Å². The van der Waals surface area contributed by atoms with Gasteiger partial charge in [0.05, 0.1) is 0 Å². The minimum atomic E-state index is 0.742. The fourth-order valence-electron chi connectivity index (χ4n) is 2.53. The minimum Gasteiger partial charge on any atom is -0.0888 e. The van der Waals surface area contributed by atoms with Crippen molar-refractivity contribution in [1.29, 1.82) is 0 Å². The monoisotopic (exact) mass is 266 g/mol. The molecule has 1 aromatic carbocycles. The maximum absolute atomic E-state index is 3.83. The molecule has 2 unspecified atom stereocenters. The highest BCUT2D eigenvalue weighted by Crippen LogP contribution is 2.32. The molecular weight excluding hydrogens is 248 g/mol. The first-order valence-corrected chi connectivity index (χ1v) is 6.87. The summed E-state index contributed by atoms with van der Waals surface area (Å²) in [6, 6.07) is 8.95. The zero-order valence-corrected chi connectivity index (χ0v) is 11.0. The molecule has 0 N–H and O–H groups in total. The number of benzene rings is 1. The lowest BCUT2D eigenvalue weighted by molar-refractivity contribution is 0.373. The van der Waals surface area contributed by atoms with E-state index in [0.29, 0.717) is 0 Å². The molecule has 0 saturated heterocycles. The molecule has 0 nitrogen and oxygen atoms in total. The summed E-state index contributed by atoms with van der Waals surface area (Å²) in [6.07, 6.45) is 6.82. The van der Waals surface area contributed by atoms with Crippen molar-refractivity contribution >= 4 is 15.9 Å². The molecule has 15 heavy (non-hydrogen) atoms. The first kappa shape index (κ1) is 11.2. The second-order valence-electron chi connectivity index (χ2n) is 4.75. The van der Waals surface area contributed by atoms with Gasteiger partial charge < -0.3 is 0 Å². The molecule has 0 heterocycles. The predicted molar refractivity (Wildman–Crippen MR) is 69.6 cm³/mol. The van der Waals surface area contributed by atoms with Gasteiger partial charge in [-0.25, -0.2) is 0 Å². The predicted octanol–water partition coefficient (Wildman–Crippen LogP) is 4.49. The molecule has 2 rings (SSSR count). The summed E-state index contributed by atoms with van der Waals surface area (Å²) in [5.74, 6) is 0.848. The van der Waals surface area contributed by atoms with E-state index >= 15 is 0 Å². The number of aryl methyl sites for hydroxylation is 1. The lowest BCUT2D eigenvalue weighted by atomic mass is 9.84. The van der Waals surface area contributed by atoms with Gasteiger partial charge in [0.2, 0.25) is 0 Å². The molecule has 0 aromatic heterocycles. The molecule has 0 spiro atoms. The van der Waals surface area contributed by atoms with Gasteiger partial charge in [0, 0.05) is 4.83 Å². The Bertz CT molecular complexity index is 319. The fraction of sp³-hybridized carbons (Fsp3) is 0.571. The summed E-state index contributed by atoms with van der Waals surface area (Å²) in [6.45, 7) is 2.18. The minimum absolute atomic E-state index is 0.742. The third-order valence-electron chi connectivity index (χ3n) is 3.40. The van der Waals surface area contributed by atoms with E-state index in [-0.39, 0.29) is 0 Å². The Morgan fingerprint density at radius 2 is 2.07 bits per heavy atom. The van der Waals surface area contributed by atoms with Crippen molar-refractivity contribution in [3.63, 3.8) is 0 Å². The molecule has 82 valence electrons. The van der Waals surface area contributed by atoms with Crippen molar-refractivity contribution in [2.45, 2.75) is 43.9 Å². The van der Waals surface area contributed by atoms with Gasteiger partial charge in [0.1, 0.15) is 0 Å². The van der Waals surface area contributed by atoms with E-state index in [9.17, 15) is 0 Å². The van der Waals surface area contributed by atoms with Crippen LogP contribution < -0.4 is 0 Å². The average molecular weight is 267 g/mol. The number of halogens is 1. The zero-order valence-electron chi connectivity index (χ0n) is 9.38. The highest BCUT2D eigenvalue weighted by molar-refractivity contribution is 9.09. The molecule has 0 aliphatic heterocycles. The Hall–Kier alpha value is -0.300. The normalized spacial score (nSPS) is 26.5. The molecule has 0 bridgehead atoms. The summed E-state index contributed by atoms with van der Waals surface area (Å²) in [4.78, 5) is 0.742. The molecule has 1 aromatic rings. The van der Waals surface area contributed by atoms with E-state index in [1.165, 1.54) is 43.2 Å². The molecule has 1 fully saturated rings. The summed E-state index contributed by atoms with van der Waals surface area (Å²) in [5.41, 5.74) is 2.89. The summed E-state index contributed by atoms with van der Waals surface area (Å²) < 4.78 is 0. The smallest absolute Gasteiger partial charge is 0.0177 e. The van der Waals surface area contributed by atoms with Gasteiger partial charge in [0.15, 0.2) is 0 Å². The largest absolute Gasteiger partial charge is 0.0888 e. The van der Waals surface area contributed by atoms with Gasteiger partial charge in [-0.1, -0.05) is 58.6 Å². The van der Waals surface area contributed by atoms with E-state index in [1.807, 2.05) is 0 Å². The van der Waals surface area contributed by atoms with Crippen molar-refractivity contribution in [2.24, 2.45) is 5.92 Å². The summed E-state index contributed by atoms with van der Waals surface area (Å²) >= 11 is 3.83. The van der Waals surface area contributed by atoms with Gasteiger partial charge in [-0.15, -0.1) is 0 Å². The van der Waals surface area contributed by atoms with Crippen molar-refractivity contribution in [2.75, 3.05) is 0 Å². The molecular formula is C14H19Br. The number of hydrogen-bond donors (Lipinski definition) is 0. The second kappa shape index (κ2) is 5.16. The maximum Gasteiger partial charge on any atom is 0.0177 e. The summed E-state index contributed by atoms with van der Waals surface area (Å²) in [7, 11) is 0. The fourth-order valence-corrected chi connectivity index (χ4v) is 3.31.